The van der Waals surface area contributed by atoms with Crippen LogP contribution >= 0.6 is 0 Å². The molecule has 1 unspecified atom stereocenters. The average Bonchev–Trinajstić information content (AvgIpc) is 3.00. The summed E-state index contributed by atoms with van der Waals surface area (Å²) in [6.07, 6.45) is 1.47. The lowest BCUT2D eigenvalue weighted by Gasteiger charge is -2.18. The van der Waals surface area contributed by atoms with E-state index in [-0.39, 0.29) is 33.3 Å². The van der Waals surface area contributed by atoms with Crippen molar-refractivity contribution in [2.24, 2.45) is 0 Å². The normalized spacial score (nSPS) is 17.5. The van der Waals surface area contributed by atoms with E-state index in [4.69, 9.17) is 9.47 Å². The van der Waals surface area contributed by atoms with E-state index in [1.807, 2.05) is 6.92 Å². The van der Waals surface area contributed by atoms with Gasteiger partial charge in [0.1, 0.15) is 16.6 Å². The molecule has 0 aliphatic carbocycles. The minimum Gasteiger partial charge on any atom is -0.492 e. The molecule has 2 aromatic carbocycles. The van der Waals surface area contributed by atoms with Crippen LogP contribution in [0.15, 0.2) is 52.3 Å². The molecule has 1 atom stereocenters. The second kappa shape index (κ2) is 8.16. The van der Waals surface area contributed by atoms with Crippen LogP contribution in [0.4, 0.5) is 0 Å². The number of carbonyl (C=O) groups is 1. The number of benzene rings is 2. The van der Waals surface area contributed by atoms with Gasteiger partial charge < -0.3 is 9.47 Å². The summed E-state index contributed by atoms with van der Waals surface area (Å²) in [7, 11) is -6.70. The molecule has 0 saturated heterocycles. The summed E-state index contributed by atoms with van der Waals surface area (Å²) < 4.78 is 62.6. The molecule has 1 heterocycles. The van der Waals surface area contributed by atoms with Gasteiger partial charge in [0, 0.05) is 5.56 Å². The van der Waals surface area contributed by atoms with Gasteiger partial charge in [-0.05, 0) is 30.7 Å². The first-order valence-corrected chi connectivity index (χ1v) is 12.3. The Kier molecular flexibility index (Phi) is 6.00. The van der Waals surface area contributed by atoms with E-state index < -0.39 is 36.6 Å². The van der Waals surface area contributed by atoms with E-state index in [2.05, 4.69) is 0 Å². The highest BCUT2D eigenvalue weighted by atomic mass is 32.2. The number of rotatable bonds is 7. The van der Waals surface area contributed by atoms with Crippen molar-refractivity contribution in [3.63, 3.8) is 0 Å². The van der Waals surface area contributed by atoms with Crippen molar-refractivity contribution in [2.45, 2.75) is 34.8 Å². The maximum Gasteiger partial charge on any atom is 0.341 e. The number of hydrogen-bond acceptors (Lipinski definition) is 7. The van der Waals surface area contributed by atoms with Gasteiger partial charge in [0.15, 0.2) is 19.7 Å². The molecule has 0 bridgehead atoms. The highest BCUT2D eigenvalue weighted by Gasteiger charge is 2.46. The first-order valence-electron chi connectivity index (χ1n) is 9.13. The van der Waals surface area contributed by atoms with Gasteiger partial charge in [0.2, 0.25) is 0 Å². The lowest BCUT2D eigenvalue weighted by molar-refractivity contribution is 0.0595. The molecule has 0 aromatic heterocycles. The topological polar surface area (TPSA) is 104 Å². The predicted molar refractivity (Wildman–Crippen MR) is 107 cm³/mol. The Labute approximate surface area is 170 Å². The maximum absolute atomic E-state index is 13.3. The zero-order valence-corrected chi connectivity index (χ0v) is 17.8. The first-order chi connectivity index (χ1) is 13.7. The summed E-state index contributed by atoms with van der Waals surface area (Å²) in [5.41, 5.74) is 0.0144. The largest absolute Gasteiger partial charge is 0.492 e. The summed E-state index contributed by atoms with van der Waals surface area (Å²) in [5.74, 6) is -1.36. The lowest BCUT2D eigenvalue weighted by atomic mass is 10.1. The third-order valence-corrected chi connectivity index (χ3v) is 8.87. The highest BCUT2D eigenvalue weighted by molar-refractivity contribution is 7.96. The van der Waals surface area contributed by atoms with Gasteiger partial charge in [-0.25, -0.2) is 21.6 Å². The zero-order chi connectivity index (χ0) is 21.2. The Morgan fingerprint density at radius 2 is 1.83 bits per heavy atom. The van der Waals surface area contributed by atoms with Gasteiger partial charge in [-0.3, -0.25) is 0 Å². The van der Waals surface area contributed by atoms with Gasteiger partial charge in [0.05, 0.1) is 29.3 Å². The van der Waals surface area contributed by atoms with Crippen molar-refractivity contribution in [3.05, 3.63) is 53.6 Å². The number of ether oxygens (including phenoxy) is 2. The van der Waals surface area contributed by atoms with Crippen molar-refractivity contribution in [1.82, 2.24) is 0 Å². The van der Waals surface area contributed by atoms with Gasteiger partial charge in [-0.15, -0.1) is 0 Å². The van der Waals surface area contributed by atoms with E-state index in [0.29, 0.717) is 6.42 Å². The standard InChI is InChI=1S/C20H22O7S2/c1-3-4-12-27-19-15(20(21)26-2)10-11-16-18(19)17(13-28(16,22)23)29(24,25)14-8-6-5-7-9-14/h5-11,17H,3-4,12-13H2,1-2H3. The fraction of sp³-hybridized carbons (Fsp3) is 0.350. The number of fused-ring (bicyclic) bond motifs is 1. The van der Waals surface area contributed by atoms with E-state index >= 15 is 0 Å². The smallest absolute Gasteiger partial charge is 0.341 e. The summed E-state index contributed by atoms with van der Waals surface area (Å²) in [6, 6.07) is 10.2. The molecular weight excluding hydrogens is 416 g/mol. The van der Waals surface area contributed by atoms with Crippen LogP contribution in [0.25, 0.3) is 0 Å². The number of carbonyl (C=O) groups excluding carboxylic acids is 1. The molecule has 0 N–H and O–H groups in total. The molecule has 3 rings (SSSR count). The monoisotopic (exact) mass is 438 g/mol. The molecule has 1 aliphatic heterocycles. The number of unbranched alkanes of at least 4 members (excludes halogenated alkanes) is 1. The number of hydrogen-bond donors (Lipinski definition) is 0. The van der Waals surface area contributed by atoms with Crippen LogP contribution in [0.2, 0.25) is 0 Å². The van der Waals surface area contributed by atoms with Gasteiger partial charge in [-0.2, -0.15) is 0 Å². The Balaban J connectivity index is 2.25. The summed E-state index contributed by atoms with van der Waals surface area (Å²) in [4.78, 5) is 12.1. The molecule has 7 nitrogen and oxygen atoms in total. The van der Waals surface area contributed by atoms with E-state index in [0.717, 1.165) is 6.42 Å². The van der Waals surface area contributed by atoms with Crippen molar-refractivity contribution < 1.29 is 31.1 Å². The molecule has 1 aliphatic rings. The molecule has 0 saturated carbocycles. The predicted octanol–water partition coefficient (Wildman–Crippen LogP) is 2.95. The summed E-state index contributed by atoms with van der Waals surface area (Å²) >= 11 is 0. The Hall–Kier alpha value is -2.39. The van der Waals surface area contributed by atoms with Crippen LogP contribution in [0.5, 0.6) is 5.75 Å². The minimum absolute atomic E-state index is 0.00714. The number of sulfone groups is 2. The van der Waals surface area contributed by atoms with Crippen LogP contribution in [-0.2, 0) is 24.4 Å². The third-order valence-electron chi connectivity index (χ3n) is 4.78. The summed E-state index contributed by atoms with van der Waals surface area (Å²) in [6.45, 7) is 2.17. The van der Waals surface area contributed by atoms with Crippen LogP contribution in [-0.4, -0.2) is 42.3 Å². The molecule has 29 heavy (non-hydrogen) atoms. The van der Waals surface area contributed by atoms with E-state index in [1.54, 1.807) is 18.2 Å². The van der Waals surface area contributed by atoms with E-state index in [9.17, 15) is 21.6 Å². The molecule has 0 spiro atoms. The Morgan fingerprint density at radius 3 is 2.45 bits per heavy atom. The van der Waals surface area contributed by atoms with Crippen molar-refractivity contribution >= 4 is 25.6 Å². The van der Waals surface area contributed by atoms with Gasteiger partial charge >= 0.3 is 5.97 Å². The SMILES string of the molecule is CCCCOc1c(C(=O)OC)ccc2c1C(S(=O)(=O)c1ccccc1)CS2(=O)=O. The molecule has 156 valence electrons. The Morgan fingerprint density at radius 1 is 1.14 bits per heavy atom. The van der Waals surface area contributed by atoms with Crippen molar-refractivity contribution in [3.8, 4) is 5.75 Å². The van der Waals surface area contributed by atoms with Crippen LogP contribution in [0.3, 0.4) is 0 Å². The van der Waals surface area contributed by atoms with E-state index in [1.165, 1.54) is 31.4 Å². The third kappa shape index (κ3) is 3.89. The second-order valence-corrected chi connectivity index (χ2v) is 10.8. The molecule has 9 heteroatoms. The number of esters is 1. The minimum atomic E-state index is -4.04. The first kappa shape index (κ1) is 21.3. The van der Waals surface area contributed by atoms with Crippen LogP contribution < -0.4 is 4.74 Å². The lowest BCUT2D eigenvalue weighted by Crippen LogP contribution is -2.17. The molecule has 0 fully saturated rings. The summed E-state index contributed by atoms with van der Waals surface area (Å²) in [5, 5.41) is -1.37. The highest BCUT2D eigenvalue weighted by Crippen LogP contribution is 2.47. The average molecular weight is 439 g/mol. The number of methoxy groups -OCH3 is 1. The van der Waals surface area contributed by atoms with Crippen LogP contribution in [0.1, 0.15) is 40.9 Å². The maximum atomic E-state index is 13.3. The van der Waals surface area contributed by atoms with Crippen molar-refractivity contribution in [2.75, 3.05) is 19.5 Å². The second-order valence-electron chi connectivity index (χ2n) is 6.68. The zero-order valence-electron chi connectivity index (χ0n) is 16.1. The van der Waals surface area contributed by atoms with Gasteiger partial charge in [0.25, 0.3) is 0 Å². The molecule has 0 amide bonds. The fourth-order valence-electron chi connectivity index (χ4n) is 3.29. The van der Waals surface area contributed by atoms with Crippen molar-refractivity contribution in [1.29, 1.82) is 0 Å². The quantitative estimate of drug-likeness (QED) is 0.483. The molecular formula is C20H22O7S2. The van der Waals surface area contributed by atoms with Gasteiger partial charge in [-0.1, -0.05) is 31.5 Å². The molecule has 2 aromatic rings. The Bertz CT molecular complexity index is 1120. The molecule has 0 radical (unpaired) electrons. The van der Waals surface area contributed by atoms with Crippen LogP contribution in [0, 0.1) is 0 Å². The fourth-order valence-corrected chi connectivity index (χ4v) is 7.62.